The first-order chi connectivity index (χ1) is 15.6. The van der Waals surface area contributed by atoms with Crippen molar-refractivity contribution in [1.29, 1.82) is 0 Å². The fraction of sp³-hybridized carbons (Fsp3) is 0.0909. The zero-order valence-electron chi connectivity index (χ0n) is 16.8. The van der Waals surface area contributed by atoms with Gasteiger partial charge in [-0.3, -0.25) is 19.7 Å². The lowest BCUT2D eigenvalue weighted by Crippen LogP contribution is -2.18. The second kappa shape index (κ2) is 10.2. The fourth-order valence-electron chi connectivity index (χ4n) is 2.77. The van der Waals surface area contributed by atoms with Crippen LogP contribution in [0.1, 0.15) is 15.9 Å². The third-order valence-electron chi connectivity index (χ3n) is 4.31. The van der Waals surface area contributed by atoms with Crippen LogP contribution < -0.4 is 10.6 Å². The van der Waals surface area contributed by atoms with Gasteiger partial charge >= 0.3 is 6.18 Å². The van der Waals surface area contributed by atoms with Crippen molar-refractivity contribution < 1.29 is 27.7 Å². The third kappa shape index (κ3) is 6.56. The van der Waals surface area contributed by atoms with Gasteiger partial charge in [0.25, 0.3) is 11.6 Å². The molecule has 33 heavy (non-hydrogen) atoms. The molecule has 3 aromatic carbocycles. The highest BCUT2D eigenvalue weighted by Crippen LogP contribution is 2.34. The van der Waals surface area contributed by atoms with Crippen molar-refractivity contribution in [3.8, 4) is 0 Å². The number of carbonyl (C=O) groups is 2. The van der Waals surface area contributed by atoms with Gasteiger partial charge < -0.3 is 10.6 Å². The smallest absolute Gasteiger partial charge is 0.325 e. The van der Waals surface area contributed by atoms with E-state index in [1.54, 1.807) is 24.3 Å². The molecule has 0 aliphatic rings. The number of hydrogen-bond donors (Lipinski definition) is 2. The number of anilines is 2. The number of carbonyl (C=O) groups excluding carboxylic acids is 2. The Kier molecular flexibility index (Phi) is 7.34. The van der Waals surface area contributed by atoms with Gasteiger partial charge in [-0.1, -0.05) is 18.2 Å². The maximum absolute atomic E-state index is 13.0. The summed E-state index contributed by atoms with van der Waals surface area (Å²) in [7, 11) is 0. The van der Waals surface area contributed by atoms with E-state index in [0.29, 0.717) is 10.6 Å². The number of halogens is 3. The topological polar surface area (TPSA) is 101 Å². The van der Waals surface area contributed by atoms with E-state index in [-0.39, 0.29) is 22.7 Å². The summed E-state index contributed by atoms with van der Waals surface area (Å²) in [5, 5.41) is 15.7. The molecule has 0 aliphatic carbocycles. The second-order valence-electron chi connectivity index (χ2n) is 6.67. The lowest BCUT2D eigenvalue weighted by atomic mass is 10.1. The van der Waals surface area contributed by atoms with E-state index in [9.17, 15) is 32.9 Å². The fourth-order valence-corrected chi connectivity index (χ4v) is 3.47. The molecular formula is C22H16F3N3O4S. The number of alkyl halides is 3. The molecule has 11 heteroatoms. The van der Waals surface area contributed by atoms with Gasteiger partial charge in [-0.25, -0.2) is 0 Å². The lowest BCUT2D eigenvalue weighted by Gasteiger charge is -2.13. The highest BCUT2D eigenvalue weighted by molar-refractivity contribution is 8.00. The summed E-state index contributed by atoms with van der Waals surface area (Å²) >= 11 is 1.11. The summed E-state index contributed by atoms with van der Waals surface area (Å²) in [6, 6.07) is 16.4. The predicted molar refractivity (Wildman–Crippen MR) is 118 cm³/mol. The second-order valence-corrected chi connectivity index (χ2v) is 7.71. The SMILES string of the molecule is O=C(CSc1ccc(NC(=O)c2cccc([N+](=O)[O-])c2)cc1)Nc1ccccc1C(F)(F)F. The number of nitrogens with one attached hydrogen (secondary N) is 2. The number of nitro groups is 1. The number of nitro benzene ring substituents is 1. The lowest BCUT2D eigenvalue weighted by molar-refractivity contribution is -0.384. The molecule has 0 spiro atoms. The molecule has 170 valence electrons. The zero-order valence-corrected chi connectivity index (χ0v) is 17.6. The Morgan fingerprint density at radius 3 is 2.30 bits per heavy atom. The molecule has 0 heterocycles. The number of amides is 2. The first-order valence-electron chi connectivity index (χ1n) is 9.38. The molecule has 0 atom stereocenters. The predicted octanol–water partition coefficient (Wildman–Crippen LogP) is 5.60. The molecule has 2 N–H and O–H groups in total. The van der Waals surface area contributed by atoms with Crippen molar-refractivity contribution in [3.05, 3.63) is 94.0 Å². The summed E-state index contributed by atoms with van der Waals surface area (Å²) in [6.45, 7) is 0. The largest absolute Gasteiger partial charge is 0.418 e. The molecule has 0 bridgehead atoms. The van der Waals surface area contributed by atoms with Crippen LogP contribution in [-0.2, 0) is 11.0 Å². The maximum atomic E-state index is 13.0. The molecular weight excluding hydrogens is 459 g/mol. The van der Waals surface area contributed by atoms with Gasteiger partial charge in [-0.15, -0.1) is 11.8 Å². The van der Waals surface area contributed by atoms with Gasteiger partial charge in [0, 0.05) is 28.3 Å². The van der Waals surface area contributed by atoms with Gasteiger partial charge in [0.05, 0.1) is 21.9 Å². The quantitative estimate of drug-likeness (QED) is 0.263. The number of hydrogen-bond acceptors (Lipinski definition) is 5. The summed E-state index contributed by atoms with van der Waals surface area (Å²) in [4.78, 5) is 35.3. The van der Waals surface area contributed by atoms with Crippen LogP contribution in [0.5, 0.6) is 0 Å². The van der Waals surface area contributed by atoms with E-state index in [1.165, 1.54) is 36.4 Å². The molecule has 0 aliphatic heterocycles. The van der Waals surface area contributed by atoms with Crippen LogP contribution in [0.3, 0.4) is 0 Å². The number of benzene rings is 3. The van der Waals surface area contributed by atoms with Crippen molar-refractivity contribution in [2.24, 2.45) is 0 Å². The Morgan fingerprint density at radius 2 is 1.64 bits per heavy atom. The minimum Gasteiger partial charge on any atom is -0.325 e. The number of para-hydroxylation sites is 1. The number of non-ortho nitro benzene ring substituents is 1. The molecule has 7 nitrogen and oxygen atoms in total. The van der Waals surface area contributed by atoms with E-state index < -0.39 is 28.5 Å². The van der Waals surface area contributed by atoms with Crippen LogP contribution >= 0.6 is 11.8 Å². The van der Waals surface area contributed by atoms with Gasteiger partial charge in [-0.2, -0.15) is 13.2 Å². The van der Waals surface area contributed by atoms with Crippen LogP contribution in [0.25, 0.3) is 0 Å². The molecule has 0 saturated heterocycles. The first kappa shape index (κ1) is 23.8. The van der Waals surface area contributed by atoms with Crippen molar-refractivity contribution >= 4 is 40.6 Å². The minimum absolute atomic E-state index is 0.119. The average molecular weight is 475 g/mol. The molecule has 0 unspecified atom stereocenters. The zero-order chi connectivity index (χ0) is 24.0. The molecule has 3 aromatic rings. The van der Waals surface area contributed by atoms with Crippen molar-refractivity contribution in [2.75, 3.05) is 16.4 Å². The molecule has 0 fully saturated rings. The summed E-state index contributed by atoms with van der Waals surface area (Å²) in [6.07, 6.45) is -4.58. The Hall–Kier alpha value is -3.86. The maximum Gasteiger partial charge on any atom is 0.418 e. The Bertz CT molecular complexity index is 1180. The summed E-state index contributed by atoms with van der Waals surface area (Å²) in [5.41, 5.74) is -0.884. The Morgan fingerprint density at radius 1 is 0.939 bits per heavy atom. The monoisotopic (exact) mass is 475 g/mol. The van der Waals surface area contributed by atoms with Gasteiger partial charge in [0.2, 0.25) is 5.91 Å². The Labute approximate surface area is 190 Å². The van der Waals surface area contributed by atoms with Crippen molar-refractivity contribution in [1.82, 2.24) is 0 Å². The van der Waals surface area contributed by atoms with E-state index in [2.05, 4.69) is 10.6 Å². The van der Waals surface area contributed by atoms with E-state index >= 15 is 0 Å². The number of rotatable bonds is 7. The van der Waals surface area contributed by atoms with Gasteiger partial charge in [0.1, 0.15) is 0 Å². The molecule has 0 aromatic heterocycles. The van der Waals surface area contributed by atoms with Crippen LogP contribution in [0.2, 0.25) is 0 Å². The van der Waals surface area contributed by atoms with Crippen LogP contribution in [0, 0.1) is 10.1 Å². The summed E-state index contributed by atoms with van der Waals surface area (Å²) < 4.78 is 39.1. The third-order valence-corrected chi connectivity index (χ3v) is 5.32. The molecule has 0 radical (unpaired) electrons. The van der Waals surface area contributed by atoms with Crippen molar-refractivity contribution in [2.45, 2.75) is 11.1 Å². The highest BCUT2D eigenvalue weighted by atomic mass is 32.2. The van der Waals surface area contributed by atoms with Crippen LogP contribution in [-0.4, -0.2) is 22.5 Å². The highest BCUT2D eigenvalue weighted by Gasteiger charge is 2.33. The minimum atomic E-state index is -4.58. The molecule has 0 saturated carbocycles. The van der Waals surface area contributed by atoms with E-state index in [4.69, 9.17) is 0 Å². The molecule has 2 amide bonds. The molecule has 3 rings (SSSR count). The average Bonchev–Trinajstić information content (AvgIpc) is 2.78. The number of nitrogens with zero attached hydrogens (tertiary/aromatic N) is 1. The van der Waals surface area contributed by atoms with Crippen LogP contribution in [0.15, 0.2) is 77.7 Å². The van der Waals surface area contributed by atoms with Crippen LogP contribution in [0.4, 0.5) is 30.2 Å². The number of thioether (sulfide) groups is 1. The van der Waals surface area contributed by atoms with E-state index in [1.807, 2.05) is 0 Å². The van der Waals surface area contributed by atoms with Crippen molar-refractivity contribution in [3.63, 3.8) is 0 Å². The van der Waals surface area contributed by atoms with Gasteiger partial charge in [0.15, 0.2) is 0 Å². The van der Waals surface area contributed by atoms with Gasteiger partial charge in [-0.05, 0) is 42.5 Å². The van der Waals surface area contributed by atoms with E-state index in [0.717, 1.165) is 23.9 Å². The standard InChI is InChI=1S/C22H16F3N3O4S/c23-22(24,25)18-6-1-2-7-19(18)27-20(29)13-33-17-10-8-15(9-11-17)26-21(30)14-4-3-5-16(12-14)28(31)32/h1-12H,13H2,(H,26,30)(H,27,29). The normalized spacial score (nSPS) is 11.0. The Balaban J connectivity index is 1.56. The summed E-state index contributed by atoms with van der Waals surface area (Å²) in [5.74, 6) is -1.24. The first-order valence-corrected chi connectivity index (χ1v) is 10.4.